The molecule has 0 saturated heterocycles. The van der Waals surface area contributed by atoms with Gasteiger partial charge in [0.15, 0.2) is 0 Å². The smallest absolute Gasteiger partial charge is 0.127 e. The first-order valence-corrected chi connectivity index (χ1v) is 11.0. The van der Waals surface area contributed by atoms with Crippen LogP contribution in [-0.4, -0.2) is 0 Å². The van der Waals surface area contributed by atoms with Crippen molar-refractivity contribution in [2.24, 2.45) is 0 Å². The molecule has 0 atom stereocenters. The van der Waals surface area contributed by atoms with E-state index in [9.17, 15) is 0 Å². The molecule has 5 rings (SSSR count). The van der Waals surface area contributed by atoms with Crippen molar-refractivity contribution in [3.8, 4) is 34.5 Å². The van der Waals surface area contributed by atoms with Gasteiger partial charge in [-0.1, -0.05) is 36.4 Å². The van der Waals surface area contributed by atoms with Gasteiger partial charge < -0.3 is 19.5 Å². The van der Waals surface area contributed by atoms with Crippen molar-refractivity contribution in [1.29, 1.82) is 0 Å². The fourth-order valence-electron chi connectivity index (χ4n) is 3.34. The van der Waals surface area contributed by atoms with Gasteiger partial charge in [-0.25, -0.2) is 0 Å². The number of rotatable bonds is 8. The Labute approximate surface area is 199 Å². The summed E-state index contributed by atoms with van der Waals surface area (Å²) < 4.78 is 17.6. The summed E-state index contributed by atoms with van der Waals surface area (Å²) in [4.78, 5) is 0. The molecular formula is C30H23NO3. The molecule has 0 aliphatic rings. The number of para-hydroxylation sites is 2. The van der Waals surface area contributed by atoms with E-state index in [0.717, 1.165) is 45.9 Å². The molecule has 0 aliphatic carbocycles. The lowest BCUT2D eigenvalue weighted by Crippen LogP contribution is -1.91. The molecule has 0 unspecified atom stereocenters. The summed E-state index contributed by atoms with van der Waals surface area (Å²) in [5, 5.41) is 3.39. The van der Waals surface area contributed by atoms with Gasteiger partial charge in [0.1, 0.15) is 34.5 Å². The van der Waals surface area contributed by atoms with Crippen LogP contribution in [0.2, 0.25) is 0 Å². The van der Waals surface area contributed by atoms with Gasteiger partial charge in [-0.3, -0.25) is 0 Å². The molecular weight excluding hydrogens is 422 g/mol. The SMILES string of the molecule is c1ccc(Oc2ccc(Nc3ccc(Oc4ccc(Oc5ccccc5)cc4)cc3)cc2)cc1. The molecule has 34 heavy (non-hydrogen) atoms. The van der Waals surface area contributed by atoms with Crippen LogP contribution >= 0.6 is 0 Å². The van der Waals surface area contributed by atoms with Crippen molar-refractivity contribution in [3.63, 3.8) is 0 Å². The third-order valence-corrected chi connectivity index (χ3v) is 5.01. The quantitative estimate of drug-likeness (QED) is 0.259. The van der Waals surface area contributed by atoms with Crippen LogP contribution in [0.3, 0.4) is 0 Å². The zero-order valence-corrected chi connectivity index (χ0v) is 18.4. The number of hydrogen-bond acceptors (Lipinski definition) is 4. The van der Waals surface area contributed by atoms with Crippen molar-refractivity contribution in [2.75, 3.05) is 5.32 Å². The molecule has 0 aliphatic heterocycles. The maximum Gasteiger partial charge on any atom is 0.127 e. The second-order valence-electron chi connectivity index (χ2n) is 7.58. The minimum absolute atomic E-state index is 0.745. The van der Waals surface area contributed by atoms with E-state index in [4.69, 9.17) is 14.2 Å². The van der Waals surface area contributed by atoms with Gasteiger partial charge >= 0.3 is 0 Å². The monoisotopic (exact) mass is 445 g/mol. The molecule has 0 fully saturated rings. The minimum Gasteiger partial charge on any atom is -0.457 e. The molecule has 4 nitrogen and oxygen atoms in total. The maximum absolute atomic E-state index is 5.96. The van der Waals surface area contributed by atoms with E-state index in [1.54, 1.807) is 0 Å². The summed E-state index contributed by atoms with van der Waals surface area (Å²) in [5.41, 5.74) is 1.94. The largest absolute Gasteiger partial charge is 0.457 e. The predicted octanol–water partition coefficient (Wildman–Crippen LogP) is 8.81. The fourth-order valence-corrected chi connectivity index (χ4v) is 3.34. The number of benzene rings is 5. The zero-order chi connectivity index (χ0) is 23.0. The number of anilines is 2. The minimum atomic E-state index is 0.745. The average Bonchev–Trinajstić information content (AvgIpc) is 2.89. The Hall–Kier alpha value is -4.70. The van der Waals surface area contributed by atoms with Gasteiger partial charge in [-0.15, -0.1) is 0 Å². The topological polar surface area (TPSA) is 39.7 Å². The Bertz CT molecular complexity index is 1200. The second kappa shape index (κ2) is 10.3. The molecule has 5 aromatic carbocycles. The van der Waals surface area contributed by atoms with E-state index in [1.807, 2.05) is 133 Å². The lowest BCUT2D eigenvalue weighted by atomic mass is 10.2. The molecule has 0 heterocycles. The van der Waals surface area contributed by atoms with Gasteiger partial charge in [0.25, 0.3) is 0 Å². The summed E-state index contributed by atoms with van der Waals surface area (Å²) in [6.45, 7) is 0. The Morgan fingerprint density at radius 2 is 0.559 bits per heavy atom. The van der Waals surface area contributed by atoms with E-state index in [2.05, 4.69) is 5.32 Å². The predicted molar refractivity (Wildman–Crippen MR) is 136 cm³/mol. The third kappa shape index (κ3) is 5.75. The van der Waals surface area contributed by atoms with Crippen molar-refractivity contribution >= 4 is 11.4 Å². The fraction of sp³-hybridized carbons (Fsp3) is 0. The molecule has 0 bridgehead atoms. The van der Waals surface area contributed by atoms with E-state index in [1.165, 1.54) is 0 Å². The molecule has 4 heteroatoms. The van der Waals surface area contributed by atoms with Gasteiger partial charge in [0.2, 0.25) is 0 Å². The Balaban J connectivity index is 1.15. The van der Waals surface area contributed by atoms with E-state index in [0.29, 0.717) is 0 Å². The highest BCUT2D eigenvalue weighted by Gasteiger charge is 2.02. The highest BCUT2D eigenvalue weighted by atomic mass is 16.5. The van der Waals surface area contributed by atoms with Gasteiger partial charge in [-0.05, 0) is 97.1 Å². The first kappa shape index (κ1) is 21.2. The van der Waals surface area contributed by atoms with Crippen molar-refractivity contribution in [3.05, 3.63) is 133 Å². The first-order chi connectivity index (χ1) is 16.8. The summed E-state index contributed by atoms with van der Waals surface area (Å²) in [6.07, 6.45) is 0. The molecule has 5 aromatic rings. The van der Waals surface area contributed by atoms with Gasteiger partial charge in [0, 0.05) is 11.4 Å². The molecule has 0 aromatic heterocycles. The van der Waals surface area contributed by atoms with Gasteiger partial charge in [0.05, 0.1) is 0 Å². The summed E-state index contributed by atoms with van der Waals surface area (Å²) in [5.74, 6) is 4.68. The number of nitrogens with one attached hydrogen (secondary N) is 1. The normalized spacial score (nSPS) is 10.4. The standard InChI is InChI=1S/C30H23NO3/c1-3-7-25(8-4-1)32-27-15-11-23(12-16-27)31-24-13-17-28(18-14-24)34-30-21-19-29(20-22-30)33-26-9-5-2-6-10-26/h1-22,31H. The molecule has 0 radical (unpaired) electrons. The number of hydrogen-bond donors (Lipinski definition) is 1. The Morgan fingerprint density at radius 3 is 0.882 bits per heavy atom. The maximum atomic E-state index is 5.96. The van der Waals surface area contributed by atoms with Crippen LogP contribution in [-0.2, 0) is 0 Å². The summed E-state index contributed by atoms with van der Waals surface area (Å²) in [7, 11) is 0. The van der Waals surface area contributed by atoms with Gasteiger partial charge in [-0.2, -0.15) is 0 Å². The van der Waals surface area contributed by atoms with Crippen LogP contribution in [0.5, 0.6) is 34.5 Å². The Kier molecular flexibility index (Phi) is 6.40. The third-order valence-electron chi connectivity index (χ3n) is 5.01. The van der Waals surface area contributed by atoms with Crippen LogP contribution < -0.4 is 19.5 Å². The van der Waals surface area contributed by atoms with E-state index < -0.39 is 0 Å². The Morgan fingerprint density at radius 1 is 0.294 bits per heavy atom. The van der Waals surface area contributed by atoms with Crippen LogP contribution in [0.1, 0.15) is 0 Å². The second-order valence-corrected chi connectivity index (χ2v) is 7.58. The summed E-state index contributed by atoms with van der Waals surface area (Å²) >= 11 is 0. The van der Waals surface area contributed by atoms with Crippen LogP contribution in [0.4, 0.5) is 11.4 Å². The van der Waals surface area contributed by atoms with Crippen molar-refractivity contribution in [1.82, 2.24) is 0 Å². The van der Waals surface area contributed by atoms with E-state index in [-0.39, 0.29) is 0 Å². The van der Waals surface area contributed by atoms with Crippen molar-refractivity contribution < 1.29 is 14.2 Å². The molecule has 0 amide bonds. The number of ether oxygens (including phenoxy) is 3. The molecule has 0 spiro atoms. The lowest BCUT2D eigenvalue weighted by molar-refractivity contribution is 0.469. The van der Waals surface area contributed by atoms with E-state index >= 15 is 0 Å². The summed E-state index contributed by atoms with van der Waals surface area (Å²) in [6, 6.07) is 42.7. The van der Waals surface area contributed by atoms with Crippen LogP contribution in [0, 0.1) is 0 Å². The average molecular weight is 446 g/mol. The van der Waals surface area contributed by atoms with Crippen LogP contribution in [0.15, 0.2) is 133 Å². The first-order valence-electron chi connectivity index (χ1n) is 11.0. The van der Waals surface area contributed by atoms with Crippen molar-refractivity contribution in [2.45, 2.75) is 0 Å². The zero-order valence-electron chi connectivity index (χ0n) is 18.4. The lowest BCUT2D eigenvalue weighted by Gasteiger charge is -2.11. The highest BCUT2D eigenvalue weighted by Crippen LogP contribution is 2.29. The molecule has 166 valence electrons. The highest BCUT2D eigenvalue weighted by molar-refractivity contribution is 5.61. The molecule has 0 saturated carbocycles. The molecule has 1 N–H and O–H groups in total. The van der Waals surface area contributed by atoms with Crippen LogP contribution in [0.25, 0.3) is 0 Å².